The highest BCUT2D eigenvalue weighted by atomic mass is 32.2. The molecule has 8 heteroatoms. The molecule has 28 heavy (non-hydrogen) atoms. The number of ether oxygens (including phenoxy) is 3. The number of methoxy groups -OCH3 is 1. The molecule has 4 rings (SSSR count). The van der Waals surface area contributed by atoms with E-state index < -0.39 is 0 Å². The Morgan fingerprint density at radius 1 is 1.25 bits per heavy atom. The van der Waals surface area contributed by atoms with Gasteiger partial charge in [0.2, 0.25) is 5.75 Å². The summed E-state index contributed by atoms with van der Waals surface area (Å²) < 4.78 is 18.5. The molecule has 0 spiro atoms. The number of fused-ring (bicyclic) bond motifs is 1. The third kappa shape index (κ3) is 3.63. The van der Waals surface area contributed by atoms with E-state index in [4.69, 9.17) is 14.2 Å². The Hall–Kier alpha value is -3.13. The highest BCUT2D eigenvalue weighted by Gasteiger charge is 2.21. The molecule has 0 bridgehead atoms. The van der Waals surface area contributed by atoms with Gasteiger partial charge in [0.25, 0.3) is 5.91 Å². The third-order valence-electron chi connectivity index (χ3n) is 4.20. The van der Waals surface area contributed by atoms with E-state index >= 15 is 0 Å². The Balaban J connectivity index is 1.60. The molecule has 0 radical (unpaired) electrons. The number of para-hydroxylation sites is 1. The minimum Gasteiger partial charge on any atom is -0.493 e. The van der Waals surface area contributed by atoms with Gasteiger partial charge in [0, 0.05) is 29.9 Å². The van der Waals surface area contributed by atoms with Crippen LogP contribution in [0.4, 0.5) is 5.69 Å². The summed E-state index contributed by atoms with van der Waals surface area (Å²) in [6, 6.07) is 10.9. The predicted octanol–water partition coefficient (Wildman–Crippen LogP) is 3.60. The fourth-order valence-corrected chi connectivity index (χ4v) is 3.70. The van der Waals surface area contributed by atoms with Crippen molar-refractivity contribution in [3.05, 3.63) is 54.4 Å². The van der Waals surface area contributed by atoms with Crippen LogP contribution in [0.15, 0.2) is 58.8 Å². The van der Waals surface area contributed by atoms with Gasteiger partial charge in [-0.1, -0.05) is 12.1 Å². The molecule has 1 aromatic heterocycles. The van der Waals surface area contributed by atoms with Gasteiger partial charge in [0.05, 0.1) is 12.8 Å². The fourth-order valence-electron chi connectivity index (χ4n) is 2.81. The first-order valence-electron chi connectivity index (χ1n) is 8.69. The summed E-state index contributed by atoms with van der Waals surface area (Å²) in [5.74, 6) is 1.24. The molecule has 2 heterocycles. The number of nitrogens with zero attached hydrogens (tertiary/aromatic N) is 2. The summed E-state index contributed by atoms with van der Waals surface area (Å²) in [5.41, 5.74) is 1.13. The molecular formula is C20H19N3O4S. The Labute approximate surface area is 166 Å². The number of hydrogen-bond acceptors (Lipinski definition) is 6. The molecule has 0 saturated heterocycles. The van der Waals surface area contributed by atoms with Crippen LogP contribution in [0.5, 0.6) is 17.2 Å². The molecule has 0 atom stereocenters. The van der Waals surface area contributed by atoms with Crippen LogP contribution in [0, 0.1) is 0 Å². The number of imidazole rings is 1. The van der Waals surface area contributed by atoms with E-state index in [2.05, 4.69) is 10.3 Å². The van der Waals surface area contributed by atoms with E-state index in [9.17, 15) is 4.79 Å². The largest absolute Gasteiger partial charge is 0.493 e. The van der Waals surface area contributed by atoms with Crippen LogP contribution >= 0.6 is 11.8 Å². The predicted molar refractivity (Wildman–Crippen MR) is 106 cm³/mol. The highest BCUT2D eigenvalue weighted by Crippen LogP contribution is 2.40. The van der Waals surface area contributed by atoms with E-state index in [1.54, 1.807) is 18.3 Å². The van der Waals surface area contributed by atoms with Crippen LogP contribution in [0.3, 0.4) is 0 Å². The normalized spacial score (nSPS) is 12.5. The van der Waals surface area contributed by atoms with Gasteiger partial charge in [-0.15, -0.1) is 0 Å². The van der Waals surface area contributed by atoms with Crippen LogP contribution in [-0.4, -0.2) is 35.8 Å². The Bertz CT molecular complexity index is 1000. The van der Waals surface area contributed by atoms with Crippen LogP contribution in [0.25, 0.3) is 0 Å². The first kappa shape index (κ1) is 18.2. The average Bonchev–Trinajstić information content (AvgIpc) is 3.13. The topological polar surface area (TPSA) is 74.6 Å². The number of rotatable bonds is 5. The van der Waals surface area contributed by atoms with Gasteiger partial charge in [0.15, 0.2) is 16.7 Å². The van der Waals surface area contributed by atoms with Gasteiger partial charge in [-0.2, -0.15) is 0 Å². The molecule has 1 amide bonds. The molecule has 7 nitrogen and oxygen atoms in total. The van der Waals surface area contributed by atoms with Crippen LogP contribution in [0.2, 0.25) is 0 Å². The number of aryl methyl sites for hydroxylation is 1. The lowest BCUT2D eigenvalue weighted by molar-refractivity contribution is 0.102. The lowest BCUT2D eigenvalue weighted by atomic mass is 10.1. The first-order chi connectivity index (χ1) is 13.7. The van der Waals surface area contributed by atoms with Crippen molar-refractivity contribution < 1.29 is 19.0 Å². The molecule has 0 aliphatic carbocycles. The van der Waals surface area contributed by atoms with Gasteiger partial charge in [-0.3, -0.25) is 4.79 Å². The summed E-state index contributed by atoms with van der Waals surface area (Å²) in [7, 11) is 3.46. The quantitative estimate of drug-likeness (QED) is 0.709. The molecule has 1 aliphatic rings. The molecule has 144 valence electrons. The zero-order valence-electron chi connectivity index (χ0n) is 15.5. The molecule has 3 aromatic rings. The Morgan fingerprint density at radius 2 is 2.07 bits per heavy atom. The van der Waals surface area contributed by atoms with E-state index in [-0.39, 0.29) is 5.91 Å². The minimum absolute atomic E-state index is 0.261. The maximum atomic E-state index is 12.9. The third-order valence-corrected chi connectivity index (χ3v) is 5.36. The van der Waals surface area contributed by atoms with Crippen LogP contribution < -0.4 is 19.5 Å². The van der Waals surface area contributed by atoms with E-state index in [0.29, 0.717) is 41.7 Å². The summed E-state index contributed by atoms with van der Waals surface area (Å²) in [4.78, 5) is 18.1. The molecule has 2 aromatic carbocycles. The number of hydrogen-bond donors (Lipinski definition) is 1. The second-order valence-corrected chi connectivity index (χ2v) is 7.08. The number of carbonyl (C=O) groups is 1. The standard InChI is InChI=1S/C20H19N3O4S/c1-23-8-7-21-20(23)28-17-6-4-3-5-14(17)22-19(24)13-11-15(25-2)18-16(12-13)26-9-10-27-18/h3-8,11-12H,9-10H2,1-2H3,(H,22,24). The molecule has 0 saturated carbocycles. The van der Waals surface area contributed by atoms with Crippen molar-refractivity contribution in [2.24, 2.45) is 7.05 Å². The fraction of sp³-hybridized carbons (Fsp3) is 0.200. The second-order valence-electron chi connectivity index (χ2n) is 6.08. The van der Waals surface area contributed by atoms with E-state index in [0.717, 1.165) is 10.1 Å². The average molecular weight is 397 g/mol. The van der Waals surface area contributed by atoms with Crippen molar-refractivity contribution in [2.45, 2.75) is 10.1 Å². The lowest BCUT2D eigenvalue weighted by Crippen LogP contribution is -2.18. The lowest BCUT2D eigenvalue weighted by Gasteiger charge is -2.21. The SMILES string of the molecule is COc1cc(C(=O)Nc2ccccc2Sc2nccn2C)cc2c1OCCO2. The Kier molecular flexibility index (Phi) is 5.12. The number of anilines is 1. The summed E-state index contributed by atoms with van der Waals surface area (Å²) in [5, 5.41) is 3.80. The number of amides is 1. The monoisotopic (exact) mass is 397 g/mol. The summed E-state index contributed by atoms with van der Waals surface area (Å²) in [6.07, 6.45) is 3.62. The van der Waals surface area contributed by atoms with Gasteiger partial charge < -0.3 is 24.1 Å². The zero-order valence-corrected chi connectivity index (χ0v) is 16.3. The molecule has 0 unspecified atom stereocenters. The maximum Gasteiger partial charge on any atom is 0.255 e. The van der Waals surface area contributed by atoms with Crippen LogP contribution in [0.1, 0.15) is 10.4 Å². The van der Waals surface area contributed by atoms with Gasteiger partial charge in [-0.05, 0) is 36.0 Å². The number of nitrogens with one attached hydrogen (secondary N) is 1. The number of carbonyl (C=O) groups excluding carboxylic acids is 1. The van der Waals surface area contributed by atoms with Crippen LogP contribution in [-0.2, 0) is 7.05 Å². The van der Waals surface area contributed by atoms with Gasteiger partial charge in [0.1, 0.15) is 13.2 Å². The van der Waals surface area contributed by atoms with Crippen molar-refractivity contribution in [3.63, 3.8) is 0 Å². The molecular weight excluding hydrogens is 378 g/mol. The van der Waals surface area contributed by atoms with Crippen molar-refractivity contribution >= 4 is 23.4 Å². The van der Waals surface area contributed by atoms with Crippen molar-refractivity contribution in [3.8, 4) is 17.2 Å². The smallest absolute Gasteiger partial charge is 0.255 e. The molecule has 1 N–H and O–H groups in total. The van der Waals surface area contributed by atoms with E-state index in [1.165, 1.54) is 18.9 Å². The minimum atomic E-state index is -0.261. The van der Waals surface area contributed by atoms with Crippen molar-refractivity contribution in [1.82, 2.24) is 9.55 Å². The molecule has 1 aliphatic heterocycles. The second kappa shape index (κ2) is 7.85. The zero-order chi connectivity index (χ0) is 19.5. The Morgan fingerprint density at radius 3 is 2.86 bits per heavy atom. The summed E-state index contributed by atoms with van der Waals surface area (Å²) in [6.45, 7) is 0.886. The molecule has 0 fully saturated rings. The van der Waals surface area contributed by atoms with E-state index in [1.807, 2.05) is 42.1 Å². The van der Waals surface area contributed by atoms with Crippen molar-refractivity contribution in [2.75, 3.05) is 25.6 Å². The first-order valence-corrected chi connectivity index (χ1v) is 9.50. The van der Waals surface area contributed by atoms with Gasteiger partial charge in [-0.25, -0.2) is 4.98 Å². The number of aromatic nitrogens is 2. The maximum absolute atomic E-state index is 12.9. The summed E-state index contributed by atoms with van der Waals surface area (Å²) >= 11 is 1.48. The highest BCUT2D eigenvalue weighted by molar-refractivity contribution is 7.99. The van der Waals surface area contributed by atoms with Crippen molar-refractivity contribution in [1.29, 1.82) is 0 Å². The van der Waals surface area contributed by atoms with Gasteiger partial charge >= 0.3 is 0 Å². The number of benzene rings is 2.